The largest absolute Gasteiger partial charge is 1.00 e. The summed E-state index contributed by atoms with van der Waals surface area (Å²) < 4.78 is 1.62. The fraction of sp³-hybridized carbons (Fsp3) is 0.250. The molecule has 0 bridgehead atoms. The number of nitrogens with zero attached hydrogens (tertiary/aromatic N) is 5. The van der Waals surface area contributed by atoms with E-state index in [1.54, 1.807) is 16.9 Å². The number of pyridine rings is 1. The van der Waals surface area contributed by atoms with Gasteiger partial charge in [-0.05, 0) is 23.8 Å². The molecule has 0 aliphatic rings. The van der Waals surface area contributed by atoms with Gasteiger partial charge in [0.05, 0.1) is 11.9 Å². The second-order valence-corrected chi connectivity index (χ2v) is 5.29. The predicted octanol–water partition coefficient (Wildman–Crippen LogP) is -0.770. The minimum atomic E-state index is -0.175. The summed E-state index contributed by atoms with van der Waals surface area (Å²) in [7, 11) is 0. The number of hydrogen-bond donors (Lipinski definition) is 2. The Morgan fingerprint density at radius 2 is 2.20 bits per heavy atom. The smallest absolute Gasteiger partial charge is 0.659 e. The number of aromatic nitrogens is 4. The topological polar surface area (TPSA) is 112 Å². The van der Waals surface area contributed by atoms with Crippen molar-refractivity contribution in [2.24, 2.45) is 0 Å². The van der Waals surface area contributed by atoms with Crippen LogP contribution in [0.5, 0.6) is 0 Å². The van der Waals surface area contributed by atoms with Crippen molar-refractivity contribution in [3.63, 3.8) is 0 Å². The van der Waals surface area contributed by atoms with E-state index in [9.17, 15) is 4.79 Å². The van der Waals surface area contributed by atoms with E-state index in [0.717, 1.165) is 23.4 Å². The summed E-state index contributed by atoms with van der Waals surface area (Å²) in [5.41, 5.74) is 9.01. The van der Waals surface area contributed by atoms with Crippen LogP contribution in [0.3, 0.4) is 0 Å². The van der Waals surface area contributed by atoms with Gasteiger partial charge in [-0.1, -0.05) is 6.92 Å². The Labute approximate surface area is 188 Å². The summed E-state index contributed by atoms with van der Waals surface area (Å²) in [4.78, 5) is 19.6. The van der Waals surface area contributed by atoms with Gasteiger partial charge in [0.25, 0.3) is 0 Å². The number of nitrogens with two attached hydrogens (primary N) is 1. The van der Waals surface area contributed by atoms with Crippen LogP contribution in [0.1, 0.15) is 19.4 Å². The molecule has 1 amide bonds. The first-order valence-corrected chi connectivity index (χ1v) is 7.59. The maximum Gasteiger partial charge on any atom is 1.00 e. The quantitative estimate of drug-likeness (QED) is 0.578. The van der Waals surface area contributed by atoms with E-state index in [0.29, 0.717) is 23.8 Å². The van der Waals surface area contributed by atoms with E-state index in [1.807, 2.05) is 25.1 Å². The summed E-state index contributed by atoms with van der Waals surface area (Å²) >= 11 is 0. The summed E-state index contributed by atoms with van der Waals surface area (Å²) in [5, 5.41) is 11.5. The molecule has 0 aliphatic carbocycles. The van der Waals surface area contributed by atoms with E-state index >= 15 is 0 Å². The van der Waals surface area contributed by atoms with Gasteiger partial charge in [-0.15, -0.1) is 6.54 Å². The molecule has 0 spiro atoms. The predicted molar refractivity (Wildman–Crippen MR) is 92.5 cm³/mol. The molecule has 124 valence electrons. The molecule has 9 heteroatoms. The Bertz CT molecular complexity index is 893. The van der Waals surface area contributed by atoms with Gasteiger partial charge in [0.15, 0.2) is 11.5 Å². The number of anilines is 2. The second kappa shape index (κ2) is 8.83. The monoisotopic (exact) mass is 363 g/mol. The number of rotatable bonds is 5. The third-order valence-electron chi connectivity index (χ3n) is 3.43. The first-order chi connectivity index (χ1) is 11.6. The van der Waals surface area contributed by atoms with E-state index in [2.05, 4.69) is 25.7 Å². The van der Waals surface area contributed by atoms with Crippen molar-refractivity contribution in [2.45, 2.75) is 20.4 Å². The Kier molecular flexibility index (Phi) is 7.05. The number of imidazole rings is 1. The zero-order chi connectivity index (χ0) is 17.1. The molecule has 3 heterocycles. The summed E-state index contributed by atoms with van der Waals surface area (Å²) in [6, 6.07) is 5.63. The van der Waals surface area contributed by atoms with Crippen molar-refractivity contribution in [3.05, 3.63) is 41.5 Å². The van der Waals surface area contributed by atoms with E-state index in [4.69, 9.17) is 5.73 Å². The van der Waals surface area contributed by atoms with E-state index in [1.165, 1.54) is 6.92 Å². The van der Waals surface area contributed by atoms with Crippen LogP contribution in [-0.2, 0) is 11.3 Å². The molecule has 25 heavy (non-hydrogen) atoms. The van der Waals surface area contributed by atoms with E-state index in [-0.39, 0.29) is 57.3 Å². The zero-order valence-corrected chi connectivity index (χ0v) is 17.6. The van der Waals surface area contributed by atoms with Gasteiger partial charge in [-0.2, -0.15) is 11.6 Å². The van der Waals surface area contributed by atoms with Crippen molar-refractivity contribution >= 4 is 23.2 Å². The van der Waals surface area contributed by atoms with Crippen molar-refractivity contribution in [1.29, 1.82) is 0 Å². The third kappa shape index (κ3) is 4.84. The molecule has 0 saturated heterocycles. The van der Waals surface area contributed by atoms with Gasteiger partial charge in [0.1, 0.15) is 5.82 Å². The number of hydrogen-bond acceptors (Lipinski definition) is 5. The van der Waals surface area contributed by atoms with Crippen LogP contribution in [0.2, 0.25) is 0 Å². The van der Waals surface area contributed by atoms with Crippen molar-refractivity contribution < 1.29 is 56.2 Å². The average molecular weight is 363 g/mol. The van der Waals surface area contributed by atoms with Gasteiger partial charge < -0.3 is 16.4 Å². The summed E-state index contributed by atoms with van der Waals surface area (Å²) in [6.45, 7) is 4.68. The third-order valence-corrected chi connectivity index (χ3v) is 3.43. The number of fused-ring (bicyclic) bond motifs is 1. The van der Waals surface area contributed by atoms with Crippen LogP contribution in [0, 0.1) is 0 Å². The number of nitrogens with one attached hydrogen (secondary N) is 1. The van der Waals surface area contributed by atoms with Gasteiger partial charge in [0, 0.05) is 18.7 Å². The molecule has 0 aliphatic heterocycles. The van der Waals surface area contributed by atoms with Gasteiger partial charge in [-0.3, -0.25) is 4.79 Å². The fourth-order valence-electron chi connectivity index (χ4n) is 2.30. The standard InChI is InChI=1S/C16H18N7O.K/c1-3-18-7-12-6-11(8-19-16(12)17)13-4-5-15-21-14(20-10(2)24)9-23(15)22-13;/h4-6,8-9H,3,7H2,1-2H3,(H2,17,19)(H,20,24);/q-1;+1. The minimum Gasteiger partial charge on any atom is -0.659 e. The molecule has 0 saturated carbocycles. The SMILES string of the molecule is CC[N-]Cc1cc(-c2ccc3nc(NC(C)=O)cn3n2)cnc1N.[K+]. The molecule has 3 N–H and O–H groups in total. The first kappa shape index (κ1) is 20.0. The molecule has 0 aromatic carbocycles. The summed E-state index contributed by atoms with van der Waals surface area (Å²) in [5.74, 6) is 0.767. The second-order valence-electron chi connectivity index (χ2n) is 5.29. The zero-order valence-electron chi connectivity index (χ0n) is 14.5. The molecular weight excluding hydrogens is 345 g/mol. The van der Waals surface area contributed by atoms with Crippen molar-refractivity contribution in [2.75, 3.05) is 17.6 Å². The average Bonchev–Trinajstić information content (AvgIpc) is 2.94. The maximum atomic E-state index is 11.1. The fourth-order valence-corrected chi connectivity index (χ4v) is 2.30. The molecule has 8 nitrogen and oxygen atoms in total. The molecule has 0 unspecified atom stereocenters. The van der Waals surface area contributed by atoms with Gasteiger partial charge in [0.2, 0.25) is 5.91 Å². The number of carbonyl (C=O) groups is 1. The van der Waals surface area contributed by atoms with Gasteiger partial charge in [-0.25, -0.2) is 14.5 Å². The number of nitrogen functional groups attached to an aromatic ring is 1. The Morgan fingerprint density at radius 3 is 2.92 bits per heavy atom. The molecule has 0 atom stereocenters. The maximum absolute atomic E-state index is 11.1. The first-order valence-electron chi connectivity index (χ1n) is 7.59. The molecule has 3 aromatic rings. The van der Waals surface area contributed by atoms with Crippen LogP contribution < -0.4 is 62.4 Å². The van der Waals surface area contributed by atoms with Crippen LogP contribution in [0.15, 0.2) is 30.6 Å². The molecule has 3 rings (SSSR count). The van der Waals surface area contributed by atoms with Crippen LogP contribution in [0.4, 0.5) is 11.6 Å². The molecule has 0 fully saturated rings. The summed E-state index contributed by atoms with van der Waals surface area (Å²) in [6.07, 6.45) is 3.35. The van der Waals surface area contributed by atoms with Crippen molar-refractivity contribution in [1.82, 2.24) is 19.6 Å². The molecular formula is C16H18KN7O. The minimum absolute atomic E-state index is 0. The normalized spacial score (nSPS) is 10.5. The Hall–Kier alpha value is -1.36. The van der Waals surface area contributed by atoms with Crippen LogP contribution >= 0.6 is 0 Å². The van der Waals surface area contributed by atoms with E-state index < -0.39 is 0 Å². The molecule has 3 aromatic heterocycles. The molecule has 0 radical (unpaired) electrons. The van der Waals surface area contributed by atoms with Gasteiger partial charge >= 0.3 is 51.4 Å². The van der Waals surface area contributed by atoms with Crippen molar-refractivity contribution in [3.8, 4) is 11.3 Å². The van der Waals surface area contributed by atoms with Crippen LogP contribution in [-0.4, -0.2) is 32.0 Å². The Balaban J connectivity index is 0.00000225. The number of carbonyl (C=O) groups excluding carboxylic acids is 1. The number of amides is 1. The Morgan fingerprint density at radius 1 is 1.40 bits per heavy atom. The van der Waals surface area contributed by atoms with Crippen LogP contribution in [0.25, 0.3) is 22.2 Å².